The van der Waals surface area contributed by atoms with Crippen LogP contribution in [0.4, 0.5) is 0 Å². The lowest BCUT2D eigenvalue weighted by Gasteiger charge is -2.32. The van der Waals surface area contributed by atoms with Crippen molar-refractivity contribution < 1.29 is 0 Å². The Morgan fingerprint density at radius 3 is 2.53 bits per heavy atom. The highest BCUT2D eigenvalue weighted by molar-refractivity contribution is 7.98. The molecule has 0 radical (unpaired) electrons. The Hall–Kier alpha value is -0.220. The SMILES string of the molecule is CCC(CC(=N)N)N(C)C(C)CCSC. The molecule has 0 spiro atoms. The van der Waals surface area contributed by atoms with Crippen LogP contribution in [0.1, 0.15) is 33.1 Å². The molecule has 4 heteroatoms. The summed E-state index contributed by atoms with van der Waals surface area (Å²) in [5.74, 6) is 1.49. The molecule has 90 valence electrons. The molecule has 2 atom stereocenters. The Labute approximate surface area is 98.3 Å². The molecule has 3 N–H and O–H groups in total. The fraction of sp³-hybridized carbons (Fsp3) is 0.909. The lowest BCUT2D eigenvalue weighted by atomic mass is 10.1. The second kappa shape index (κ2) is 7.99. The Balaban J connectivity index is 4.11. The van der Waals surface area contributed by atoms with Crippen molar-refractivity contribution in [3.8, 4) is 0 Å². The highest BCUT2D eigenvalue weighted by Gasteiger charge is 2.18. The van der Waals surface area contributed by atoms with Gasteiger partial charge in [0.2, 0.25) is 0 Å². The predicted molar refractivity (Wildman–Crippen MR) is 70.8 cm³/mol. The third-order valence-electron chi connectivity index (χ3n) is 2.94. The maximum absolute atomic E-state index is 7.35. The van der Waals surface area contributed by atoms with Crippen LogP contribution >= 0.6 is 11.8 Å². The van der Waals surface area contributed by atoms with Crippen molar-refractivity contribution in [1.82, 2.24) is 4.90 Å². The lowest BCUT2D eigenvalue weighted by molar-refractivity contribution is 0.179. The van der Waals surface area contributed by atoms with E-state index in [9.17, 15) is 0 Å². The zero-order valence-electron chi connectivity index (χ0n) is 10.4. The van der Waals surface area contributed by atoms with Gasteiger partial charge < -0.3 is 10.6 Å². The van der Waals surface area contributed by atoms with Crippen molar-refractivity contribution in [3.63, 3.8) is 0 Å². The molecule has 0 saturated heterocycles. The summed E-state index contributed by atoms with van der Waals surface area (Å²) in [5.41, 5.74) is 5.46. The van der Waals surface area contributed by atoms with Gasteiger partial charge in [-0.15, -0.1) is 0 Å². The van der Waals surface area contributed by atoms with E-state index < -0.39 is 0 Å². The molecule has 0 aliphatic rings. The van der Waals surface area contributed by atoms with E-state index in [-0.39, 0.29) is 0 Å². The van der Waals surface area contributed by atoms with Crippen LogP contribution in [-0.4, -0.2) is 41.9 Å². The van der Waals surface area contributed by atoms with E-state index in [1.54, 1.807) is 0 Å². The van der Waals surface area contributed by atoms with Gasteiger partial charge in [0, 0.05) is 18.5 Å². The molecule has 0 aliphatic heterocycles. The van der Waals surface area contributed by atoms with E-state index in [0.717, 1.165) is 6.42 Å². The van der Waals surface area contributed by atoms with Crippen LogP contribution in [0, 0.1) is 5.41 Å². The molecule has 0 fully saturated rings. The lowest BCUT2D eigenvalue weighted by Crippen LogP contribution is -2.40. The summed E-state index contributed by atoms with van der Waals surface area (Å²) < 4.78 is 0. The number of thioether (sulfide) groups is 1. The van der Waals surface area contributed by atoms with Crippen LogP contribution in [0.25, 0.3) is 0 Å². The molecule has 0 rings (SSSR count). The average molecular weight is 231 g/mol. The molecular formula is C11H25N3S. The summed E-state index contributed by atoms with van der Waals surface area (Å²) in [5, 5.41) is 7.35. The zero-order chi connectivity index (χ0) is 11.8. The van der Waals surface area contributed by atoms with Crippen molar-refractivity contribution in [2.45, 2.75) is 45.2 Å². The summed E-state index contributed by atoms with van der Waals surface area (Å²) in [6.07, 6.45) is 5.09. The van der Waals surface area contributed by atoms with E-state index in [1.165, 1.54) is 12.2 Å². The van der Waals surface area contributed by atoms with Gasteiger partial charge in [0.1, 0.15) is 0 Å². The molecule has 0 aromatic rings. The minimum atomic E-state index is 0.297. The third-order valence-corrected chi connectivity index (χ3v) is 3.58. The van der Waals surface area contributed by atoms with E-state index in [0.29, 0.717) is 24.3 Å². The van der Waals surface area contributed by atoms with Gasteiger partial charge in [0.15, 0.2) is 0 Å². The van der Waals surface area contributed by atoms with Gasteiger partial charge in [-0.2, -0.15) is 11.8 Å². The minimum absolute atomic E-state index is 0.297. The molecule has 0 bridgehead atoms. The van der Waals surface area contributed by atoms with Gasteiger partial charge in [-0.1, -0.05) is 6.92 Å². The number of amidine groups is 1. The third kappa shape index (κ3) is 6.05. The Morgan fingerprint density at radius 1 is 1.53 bits per heavy atom. The van der Waals surface area contributed by atoms with Crippen molar-refractivity contribution in [1.29, 1.82) is 5.41 Å². The van der Waals surface area contributed by atoms with Crippen molar-refractivity contribution in [3.05, 3.63) is 0 Å². The van der Waals surface area contributed by atoms with Crippen LogP contribution in [0.2, 0.25) is 0 Å². The topological polar surface area (TPSA) is 53.1 Å². The molecule has 0 heterocycles. The standard InChI is InChI=1S/C11H25N3S/c1-5-10(8-11(12)13)14(3)9(2)6-7-15-4/h9-10H,5-8H2,1-4H3,(H3,12,13). The highest BCUT2D eigenvalue weighted by atomic mass is 32.2. The van der Waals surface area contributed by atoms with E-state index in [4.69, 9.17) is 11.1 Å². The van der Waals surface area contributed by atoms with E-state index in [1.807, 2.05) is 11.8 Å². The van der Waals surface area contributed by atoms with E-state index in [2.05, 4.69) is 32.1 Å². The van der Waals surface area contributed by atoms with Gasteiger partial charge in [0.05, 0.1) is 5.84 Å². The second-order valence-electron chi connectivity index (χ2n) is 4.09. The zero-order valence-corrected chi connectivity index (χ0v) is 11.2. The molecule has 0 amide bonds. The summed E-state index contributed by atoms with van der Waals surface area (Å²) >= 11 is 1.89. The van der Waals surface area contributed by atoms with Crippen LogP contribution in [-0.2, 0) is 0 Å². The number of hydrogen-bond acceptors (Lipinski definition) is 3. The van der Waals surface area contributed by atoms with Gasteiger partial charge in [-0.3, -0.25) is 5.41 Å². The smallest absolute Gasteiger partial charge is 0.0921 e. The monoisotopic (exact) mass is 231 g/mol. The highest BCUT2D eigenvalue weighted by Crippen LogP contribution is 2.13. The molecule has 0 aliphatic carbocycles. The normalized spacial score (nSPS) is 15.3. The Bertz CT molecular complexity index is 185. The van der Waals surface area contributed by atoms with Crippen molar-refractivity contribution in [2.24, 2.45) is 5.73 Å². The molecular weight excluding hydrogens is 206 g/mol. The van der Waals surface area contributed by atoms with Crippen LogP contribution in [0.3, 0.4) is 0 Å². The van der Waals surface area contributed by atoms with Crippen LogP contribution in [0.15, 0.2) is 0 Å². The molecule has 0 aromatic heterocycles. The minimum Gasteiger partial charge on any atom is -0.388 e. The van der Waals surface area contributed by atoms with Gasteiger partial charge in [0.25, 0.3) is 0 Å². The number of nitrogens with zero attached hydrogens (tertiary/aromatic N) is 1. The first-order valence-electron chi connectivity index (χ1n) is 5.56. The maximum atomic E-state index is 7.35. The fourth-order valence-electron chi connectivity index (χ4n) is 1.68. The van der Waals surface area contributed by atoms with E-state index >= 15 is 0 Å². The Morgan fingerprint density at radius 2 is 2.13 bits per heavy atom. The molecule has 0 aromatic carbocycles. The van der Waals surface area contributed by atoms with Gasteiger partial charge in [-0.25, -0.2) is 0 Å². The first-order chi connectivity index (χ1) is 7.02. The summed E-state index contributed by atoms with van der Waals surface area (Å²) in [6, 6.07) is 0.987. The molecule has 2 unspecified atom stereocenters. The maximum Gasteiger partial charge on any atom is 0.0921 e. The van der Waals surface area contributed by atoms with Gasteiger partial charge in [-0.05, 0) is 38.8 Å². The molecule has 3 nitrogen and oxygen atoms in total. The predicted octanol–water partition coefficient (Wildman–Crippen LogP) is 2.16. The Kier molecular flexibility index (Phi) is 7.88. The summed E-state index contributed by atoms with van der Waals surface area (Å²) in [7, 11) is 2.14. The number of rotatable bonds is 8. The van der Waals surface area contributed by atoms with Crippen LogP contribution in [0.5, 0.6) is 0 Å². The van der Waals surface area contributed by atoms with Crippen molar-refractivity contribution in [2.75, 3.05) is 19.1 Å². The molecule has 0 saturated carbocycles. The second-order valence-corrected chi connectivity index (χ2v) is 5.07. The quantitative estimate of drug-likeness (QED) is 0.497. The number of nitrogens with two attached hydrogens (primary N) is 1. The number of nitrogens with one attached hydrogen (secondary N) is 1. The first-order valence-corrected chi connectivity index (χ1v) is 6.96. The number of hydrogen-bond donors (Lipinski definition) is 2. The largest absolute Gasteiger partial charge is 0.388 e. The molecule has 15 heavy (non-hydrogen) atoms. The van der Waals surface area contributed by atoms with Gasteiger partial charge >= 0.3 is 0 Å². The summed E-state index contributed by atoms with van der Waals surface area (Å²) in [6.45, 7) is 4.41. The summed E-state index contributed by atoms with van der Waals surface area (Å²) in [4.78, 5) is 2.36. The van der Waals surface area contributed by atoms with Crippen LogP contribution < -0.4 is 5.73 Å². The average Bonchev–Trinajstić information content (AvgIpc) is 2.21. The first kappa shape index (κ1) is 14.8. The van der Waals surface area contributed by atoms with Crippen molar-refractivity contribution >= 4 is 17.6 Å². The fourth-order valence-corrected chi connectivity index (χ4v) is 2.26.